The third kappa shape index (κ3) is 2.65. The van der Waals surface area contributed by atoms with E-state index in [-0.39, 0.29) is 12.1 Å². The van der Waals surface area contributed by atoms with Crippen LogP contribution in [0, 0.1) is 0 Å². The van der Waals surface area contributed by atoms with Crippen LogP contribution in [0.5, 0.6) is 0 Å². The van der Waals surface area contributed by atoms with Gasteiger partial charge in [0.1, 0.15) is 0 Å². The van der Waals surface area contributed by atoms with Crippen LogP contribution in [-0.2, 0) is 13.6 Å². The second-order valence-corrected chi connectivity index (χ2v) is 5.07. The van der Waals surface area contributed by atoms with Crippen molar-refractivity contribution in [1.82, 2.24) is 14.9 Å². The number of imidazole rings is 1. The van der Waals surface area contributed by atoms with E-state index in [0.29, 0.717) is 0 Å². The standard InChI is InChI=1S/C13H19N3O/c1-13(2,8-17)15-7-10-4-5-12-11(6-10)14-9-16(12)3/h4-6,9,15,17H,7-8H2,1-3H3. The van der Waals surface area contributed by atoms with Gasteiger partial charge in [0.25, 0.3) is 0 Å². The van der Waals surface area contributed by atoms with Gasteiger partial charge in [0, 0.05) is 19.1 Å². The topological polar surface area (TPSA) is 50.1 Å². The molecule has 92 valence electrons. The van der Waals surface area contributed by atoms with Crippen LogP contribution < -0.4 is 5.32 Å². The molecule has 0 bridgehead atoms. The molecular formula is C13H19N3O. The van der Waals surface area contributed by atoms with Gasteiger partial charge in [-0.05, 0) is 31.5 Å². The molecule has 4 nitrogen and oxygen atoms in total. The number of aromatic nitrogens is 2. The van der Waals surface area contributed by atoms with Crippen LogP contribution in [0.2, 0.25) is 0 Å². The van der Waals surface area contributed by atoms with Crippen LogP contribution in [0.1, 0.15) is 19.4 Å². The summed E-state index contributed by atoms with van der Waals surface area (Å²) in [6.07, 6.45) is 1.82. The molecule has 2 rings (SSSR count). The maximum Gasteiger partial charge on any atom is 0.0955 e. The summed E-state index contributed by atoms with van der Waals surface area (Å²) in [5.41, 5.74) is 3.07. The lowest BCUT2D eigenvalue weighted by Gasteiger charge is -2.23. The van der Waals surface area contributed by atoms with Gasteiger partial charge in [-0.1, -0.05) is 6.07 Å². The van der Waals surface area contributed by atoms with Crippen molar-refractivity contribution in [2.75, 3.05) is 6.61 Å². The first-order valence-corrected chi connectivity index (χ1v) is 5.78. The molecule has 0 amide bonds. The van der Waals surface area contributed by atoms with Crippen molar-refractivity contribution in [1.29, 1.82) is 0 Å². The number of fused-ring (bicyclic) bond motifs is 1. The molecule has 0 atom stereocenters. The van der Waals surface area contributed by atoms with Gasteiger partial charge in [-0.2, -0.15) is 0 Å². The Kier molecular flexibility index (Phi) is 3.17. The molecule has 0 saturated carbocycles. The van der Waals surface area contributed by atoms with Crippen molar-refractivity contribution in [3.63, 3.8) is 0 Å². The number of hydrogen-bond donors (Lipinski definition) is 2. The number of rotatable bonds is 4. The minimum Gasteiger partial charge on any atom is -0.394 e. The molecule has 0 aliphatic heterocycles. The van der Waals surface area contributed by atoms with E-state index >= 15 is 0 Å². The highest BCUT2D eigenvalue weighted by molar-refractivity contribution is 5.75. The first-order valence-electron chi connectivity index (χ1n) is 5.78. The molecule has 2 N–H and O–H groups in total. The zero-order valence-corrected chi connectivity index (χ0v) is 10.6. The van der Waals surface area contributed by atoms with E-state index in [1.165, 1.54) is 5.56 Å². The van der Waals surface area contributed by atoms with E-state index in [2.05, 4.69) is 28.5 Å². The summed E-state index contributed by atoms with van der Waals surface area (Å²) in [6, 6.07) is 6.24. The molecule has 0 unspecified atom stereocenters. The lowest BCUT2D eigenvalue weighted by molar-refractivity contribution is 0.187. The summed E-state index contributed by atoms with van der Waals surface area (Å²) in [5.74, 6) is 0. The number of benzene rings is 1. The molecule has 2 aromatic rings. The number of nitrogens with one attached hydrogen (secondary N) is 1. The number of aryl methyl sites for hydroxylation is 1. The first-order chi connectivity index (χ1) is 8.02. The van der Waals surface area contributed by atoms with Crippen LogP contribution >= 0.6 is 0 Å². The molecule has 1 heterocycles. The molecule has 0 radical (unpaired) electrons. The Morgan fingerprint density at radius 2 is 2.18 bits per heavy atom. The second-order valence-electron chi connectivity index (χ2n) is 5.07. The van der Waals surface area contributed by atoms with Gasteiger partial charge in [-0.3, -0.25) is 0 Å². The number of aliphatic hydroxyl groups excluding tert-OH is 1. The molecule has 0 spiro atoms. The SMILES string of the molecule is Cn1cnc2cc(CNC(C)(C)CO)ccc21. The van der Waals surface area contributed by atoms with Gasteiger partial charge in [0.15, 0.2) is 0 Å². The first kappa shape index (κ1) is 12.1. The Labute approximate surface area is 101 Å². The van der Waals surface area contributed by atoms with Gasteiger partial charge in [-0.15, -0.1) is 0 Å². The van der Waals surface area contributed by atoms with Gasteiger partial charge in [0.05, 0.1) is 24.0 Å². The van der Waals surface area contributed by atoms with E-state index in [1.807, 2.05) is 31.8 Å². The van der Waals surface area contributed by atoms with E-state index in [1.54, 1.807) is 0 Å². The lowest BCUT2D eigenvalue weighted by Crippen LogP contribution is -2.42. The predicted molar refractivity (Wildman–Crippen MR) is 68.7 cm³/mol. The molecule has 0 saturated heterocycles. The second kappa shape index (κ2) is 4.47. The van der Waals surface area contributed by atoms with Gasteiger partial charge >= 0.3 is 0 Å². The highest BCUT2D eigenvalue weighted by Crippen LogP contribution is 2.14. The third-order valence-corrected chi connectivity index (χ3v) is 2.96. The van der Waals surface area contributed by atoms with Crippen molar-refractivity contribution in [3.05, 3.63) is 30.1 Å². The van der Waals surface area contributed by atoms with Gasteiger partial charge < -0.3 is 15.0 Å². The maximum atomic E-state index is 9.17. The Morgan fingerprint density at radius 3 is 2.88 bits per heavy atom. The molecule has 4 heteroatoms. The van der Waals surface area contributed by atoms with Crippen molar-refractivity contribution >= 4 is 11.0 Å². The summed E-state index contributed by atoms with van der Waals surface area (Å²) >= 11 is 0. The average Bonchev–Trinajstić information content (AvgIpc) is 2.68. The normalized spacial score (nSPS) is 12.2. The van der Waals surface area contributed by atoms with Crippen LogP contribution in [0.25, 0.3) is 11.0 Å². The fourth-order valence-electron chi connectivity index (χ4n) is 1.69. The Hall–Kier alpha value is -1.39. The van der Waals surface area contributed by atoms with Crippen molar-refractivity contribution < 1.29 is 5.11 Å². The minimum atomic E-state index is -0.251. The monoisotopic (exact) mass is 233 g/mol. The quantitative estimate of drug-likeness (QED) is 0.840. The van der Waals surface area contributed by atoms with Crippen LogP contribution in [0.4, 0.5) is 0 Å². The highest BCUT2D eigenvalue weighted by atomic mass is 16.3. The zero-order chi connectivity index (χ0) is 12.5. The van der Waals surface area contributed by atoms with Crippen molar-refractivity contribution in [2.45, 2.75) is 25.9 Å². The summed E-state index contributed by atoms with van der Waals surface area (Å²) in [7, 11) is 1.99. The van der Waals surface area contributed by atoms with Gasteiger partial charge in [-0.25, -0.2) is 4.98 Å². The summed E-state index contributed by atoms with van der Waals surface area (Å²) < 4.78 is 2.00. The molecule has 0 aliphatic rings. The number of aliphatic hydroxyl groups is 1. The average molecular weight is 233 g/mol. The highest BCUT2D eigenvalue weighted by Gasteiger charge is 2.14. The molecule has 17 heavy (non-hydrogen) atoms. The largest absolute Gasteiger partial charge is 0.394 e. The fraction of sp³-hybridized carbons (Fsp3) is 0.462. The zero-order valence-electron chi connectivity index (χ0n) is 10.6. The van der Waals surface area contributed by atoms with Crippen molar-refractivity contribution in [2.24, 2.45) is 7.05 Å². The fourth-order valence-corrected chi connectivity index (χ4v) is 1.69. The maximum absolute atomic E-state index is 9.17. The smallest absolute Gasteiger partial charge is 0.0955 e. The van der Waals surface area contributed by atoms with E-state index in [9.17, 15) is 0 Å². The Morgan fingerprint density at radius 1 is 1.41 bits per heavy atom. The van der Waals surface area contributed by atoms with E-state index in [4.69, 9.17) is 5.11 Å². The predicted octanol–water partition coefficient (Wildman–Crippen LogP) is 1.43. The Bertz CT molecular complexity index is 516. The molecule has 0 aliphatic carbocycles. The summed E-state index contributed by atoms with van der Waals surface area (Å²) in [6.45, 7) is 4.82. The van der Waals surface area contributed by atoms with Crippen molar-refractivity contribution in [3.8, 4) is 0 Å². The molecular weight excluding hydrogens is 214 g/mol. The molecule has 0 fully saturated rings. The van der Waals surface area contributed by atoms with E-state index < -0.39 is 0 Å². The van der Waals surface area contributed by atoms with E-state index in [0.717, 1.165) is 17.6 Å². The minimum absolute atomic E-state index is 0.124. The Balaban J connectivity index is 2.15. The van der Waals surface area contributed by atoms with Crippen LogP contribution in [-0.4, -0.2) is 26.8 Å². The number of nitrogens with zero attached hydrogens (tertiary/aromatic N) is 2. The van der Waals surface area contributed by atoms with Gasteiger partial charge in [0.2, 0.25) is 0 Å². The third-order valence-electron chi connectivity index (χ3n) is 2.96. The van der Waals surface area contributed by atoms with Crippen LogP contribution in [0.3, 0.4) is 0 Å². The molecule has 1 aromatic carbocycles. The molecule has 1 aromatic heterocycles. The number of hydrogen-bond acceptors (Lipinski definition) is 3. The lowest BCUT2D eigenvalue weighted by atomic mass is 10.1. The summed E-state index contributed by atoms with van der Waals surface area (Å²) in [4.78, 5) is 4.33. The van der Waals surface area contributed by atoms with Crippen LogP contribution in [0.15, 0.2) is 24.5 Å². The summed E-state index contributed by atoms with van der Waals surface area (Å²) in [5, 5.41) is 12.5.